The number of aliphatic hydroxyl groups is 1. The van der Waals surface area contributed by atoms with E-state index in [1.807, 2.05) is 0 Å². The normalized spacial score (nSPS) is 29.1. The number of anilines is 2. The molecule has 0 aromatic carbocycles. The van der Waals surface area contributed by atoms with E-state index in [4.69, 9.17) is 4.74 Å². The van der Waals surface area contributed by atoms with Crippen LogP contribution < -0.4 is 9.80 Å². The molecule has 1 aromatic rings. The van der Waals surface area contributed by atoms with Crippen molar-refractivity contribution < 1.29 is 9.84 Å². The van der Waals surface area contributed by atoms with E-state index in [-0.39, 0.29) is 18.2 Å². The van der Waals surface area contributed by atoms with E-state index in [9.17, 15) is 5.11 Å². The van der Waals surface area contributed by atoms with Crippen LogP contribution in [0.2, 0.25) is 0 Å². The van der Waals surface area contributed by atoms with Crippen LogP contribution in [0.5, 0.6) is 0 Å². The first-order valence-corrected chi connectivity index (χ1v) is 8.23. The zero-order valence-electron chi connectivity index (χ0n) is 13.5. The molecule has 0 amide bonds. The molecular weight excluding hydrogens is 280 g/mol. The summed E-state index contributed by atoms with van der Waals surface area (Å²) in [6, 6.07) is 2.24. The Hall–Kier alpha value is -1.40. The van der Waals surface area contributed by atoms with Crippen molar-refractivity contribution in [3.05, 3.63) is 12.4 Å². The first-order valence-electron chi connectivity index (χ1n) is 8.23. The molecule has 6 nitrogen and oxygen atoms in total. The van der Waals surface area contributed by atoms with Gasteiger partial charge in [-0.05, 0) is 26.2 Å². The van der Waals surface area contributed by atoms with E-state index in [0.29, 0.717) is 0 Å². The summed E-state index contributed by atoms with van der Waals surface area (Å²) in [5.41, 5.74) is -0.107. The van der Waals surface area contributed by atoms with Gasteiger partial charge in [-0.2, -0.15) is 0 Å². The molecule has 0 bridgehead atoms. The standard InChI is InChI=1S/C16H26N4O2/c1-3-16(2)11-19(7-8-22-16)14-9-15(18-12-17-14)20-6-4-5-13(20)10-21/h9,12-13,21H,3-8,10-11H2,1-2H3. The van der Waals surface area contributed by atoms with Crippen molar-refractivity contribution in [3.63, 3.8) is 0 Å². The van der Waals surface area contributed by atoms with Crippen LogP contribution in [0.1, 0.15) is 33.1 Å². The molecule has 0 spiro atoms. The predicted molar refractivity (Wildman–Crippen MR) is 86.3 cm³/mol. The van der Waals surface area contributed by atoms with Crippen molar-refractivity contribution in [1.82, 2.24) is 9.97 Å². The van der Waals surface area contributed by atoms with Gasteiger partial charge in [0.15, 0.2) is 0 Å². The second-order valence-electron chi connectivity index (χ2n) is 6.48. The van der Waals surface area contributed by atoms with Crippen LogP contribution in [0, 0.1) is 0 Å². The fourth-order valence-electron chi connectivity index (χ4n) is 3.33. The average molecular weight is 306 g/mol. The van der Waals surface area contributed by atoms with E-state index in [0.717, 1.165) is 57.1 Å². The van der Waals surface area contributed by atoms with Crippen LogP contribution in [0.4, 0.5) is 11.6 Å². The highest BCUT2D eigenvalue weighted by Crippen LogP contribution is 2.28. The molecule has 2 saturated heterocycles. The molecule has 2 aliphatic rings. The van der Waals surface area contributed by atoms with Gasteiger partial charge in [0.05, 0.1) is 24.9 Å². The van der Waals surface area contributed by atoms with Crippen molar-refractivity contribution in [2.24, 2.45) is 0 Å². The van der Waals surface area contributed by atoms with Crippen molar-refractivity contribution in [3.8, 4) is 0 Å². The van der Waals surface area contributed by atoms with Crippen LogP contribution in [0.15, 0.2) is 12.4 Å². The quantitative estimate of drug-likeness (QED) is 0.908. The Morgan fingerprint density at radius 1 is 1.36 bits per heavy atom. The van der Waals surface area contributed by atoms with Gasteiger partial charge in [0.2, 0.25) is 0 Å². The van der Waals surface area contributed by atoms with Gasteiger partial charge in [-0.25, -0.2) is 9.97 Å². The van der Waals surface area contributed by atoms with E-state index in [2.05, 4.69) is 39.7 Å². The Morgan fingerprint density at radius 2 is 2.18 bits per heavy atom. The number of morpholine rings is 1. The maximum absolute atomic E-state index is 9.50. The smallest absolute Gasteiger partial charge is 0.134 e. The van der Waals surface area contributed by atoms with Gasteiger partial charge in [0.25, 0.3) is 0 Å². The summed E-state index contributed by atoms with van der Waals surface area (Å²) in [5, 5.41) is 9.50. The molecule has 1 aromatic heterocycles. The summed E-state index contributed by atoms with van der Waals surface area (Å²) in [5.74, 6) is 1.88. The lowest BCUT2D eigenvalue weighted by atomic mass is 10.0. The Balaban J connectivity index is 1.79. The molecule has 2 atom stereocenters. The number of hydrogen-bond acceptors (Lipinski definition) is 6. The molecule has 2 fully saturated rings. The van der Waals surface area contributed by atoms with E-state index in [1.54, 1.807) is 6.33 Å². The van der Waals surface area contributed by atoms with Crippen molar-refractivity contribution in [2.45, 2.75) is 44.8 Å². The lowest BCUT2D eigenvalue weighted by Crippen LogP contribution is -2.50. The van der Waals surface area contributed by atoms with Crippen LogP contribution in [0.3, 0.4) is 0 Å². The first kappa shape index (κ1) is 15.5. The number of nitrogens with zero attached hydrogens (tertiary/aromatic N) is 4. The molecule has 0 radical (unpaired) electrons. The molecule has 6 heteroatoms. The highest BCUT2D eigenvalue weighted by atomic mass is 16.5. The lowest BCUT2D eigenvalue weighted by molar-refractivity contribution is -0.0443. The lowest BCUT2D eigenvalue weighted by Gasteiger charge is -2.40. The van der Waals surface area contributed by atoms with E-state index in [1.165, 1.54) is 0 Å². The van der Waals surface area contributed by atoms with Crippen LogP contribution in [-0.2, 0) is 4.74 Å². The average Bonchev–Trinajstić information content (AvgIpc) is 3.04. The molecule has 2 unspecified atom stereocenters. The van der Waals surface area contributed by atoms with E-state index < -0.39 is 0 Å². The summed E-state index contributed by atoms with van der Waals surface area (Å²) >= 11 is 0. The first-order chi connectivity index (χ1) is 10.6. The van der Waals surface area contributed by atoms with Crippen LogP contribution in [-0.4, -0.2) is 59.6 Å². The molecule has 0 aliphatic carbocycles. The summed E-state index contributed by atoms with van der Waals surface area (Å²) in [6.45, 7) is 7.89. The Kier molecular flexibility index (Phi) is 4.49. The molecule has 2 aliphatic heterocycles. The molecular formula is C16H26N4O2. The third-order valence-corrected chi connectivity index (χ3v) is 4.93. The topological polar surface area (TPSA) is 61.7 Å². The van der Waals surface area contributed by atoms with Gasteiger partial charge in [-0.15, -0.1) is 0 Å². The van der Waals surface area contributed by atoms with Gasteiger partial charge in [0.1, 0.15) is 18.0 Å². The number of hydrogen-bond donors (Lipinski definition) is 1. The fraction of sp³-hybridized carbons (Fsp3) is 0.750. The summed E-state index contributed by atoms with van der Waals surface area (Å²) < 4.78 is 5.90. The number of rotatable bonds is 4. The molecule has 22 heavy (non-hydrogen) atoms. The summed E-state index contributed by atoms with van der Waals surface area (Å²) in [6.07, 6.45) is 4.76. The highest BCUT2D eigenvalue weighted by Gasteiger charge is 2.31. The minimum Gasteiger partial charge on any atom is -0.394 e. The summed E-state index contributed by atoms with van der Waals surface area (Å²) in [4.78, 5) is 13.4. The van der Waals surface area contributed by atoms with E-state index >= 15 is 0 Å². The Labute approximate surface area is 132 Å². The predicted octanol–water partition coefficient (Wildman–Crippen LogP) is 1.44. The van der Waals surface area contributed by atoms with Crippen LogP contribution >= 0.6 is 0 Å². The van der Waals surface area contributed by atoms with Gasteiger partial charge < -0.3 is 19.6 Å². The zero-order chi connectivity index (χ0) is 15.6. The van der Waals surface area contributed by atoms with Gasteiger partial charge in [-0.3, -0.25) is 0 Å². The Morgan fingerprint density at radius 3 is 2.95 bits per heavy atom. The van der Waals surface area contributed by atoms with Gasteiger partial charge >= 0.3 is 0 Å². The van der Waals surface area contributed by atoms with Crippen molar-refractivity contribution >= 4 is 11.6 Å². The molecule has 0 saturated carbocycles. The van der Waals surface area contributed by atoms with Gasteiger partial charge in [-0.1, -0.05) is 6.92 Å². The number of aromatic nitrogens is 2. The second-order valence-corrected chi connectivity index (χ2v) is 6.48. The maximum atomic E-state index is 9.50. The molecule has 3 heterocycles. The summed E-state index contributed by atoms with van der Waals surface area (Å²) in [7, 11) is 0. The largest absolute Gasteiger partial charge is 0.394 e. The fourth-order valence-corrected chi connectivity index (χ4v) is 3.33. The third kappa shape index (κ3) is 3.03. The number of aliphatic hydroxyl groups excluding tert-OH is 1. The molecule has 1 N–H and O–H groups in total. The molecule has 3 rings (SSSR count). The van der Waals surface area contributed by atoms with Crippen LogP contribution in [0.25, 0.3) is 0 Å². The maximum Gasteiger partial charge on any atom is 0.134 e. The third-order valence-electron chi connectivity index (χ3n) is 4.93. The SMILES string of the molecule is CCC1(C)CN(c2cc(N3CCCC3CO)ncn2)CCO1. The Bertz CT molecular complexity index is 513. The second kappa shape index (κ2) is 6.38. The number of ether oxygens (including phenoxy) is 1. The molecule has 122 valence electrons. The zero-order valence-corrected chi connectivity index (χ0v) is 13.5. The van der Waals surface area contributed by atoms with Crippen molar-refractivity contribution in [1.29, 1.82) is 0 Å². The minimum atomic E-state index is -0.107. The van der Waals surface area contributed by atoms with Crippen molar-refractivity contribution in [2.75, 3.05) is 42.6 Å². The monoisotopic (exact) mass is 306 g/mol. The minimum absolute atomic E-state index is 0.107. The van der Waals surface area contributed by atoms with Gasteiger partial charge in [0, 0.05) is 25.7 Å². The highest BCUT2D eigenvalue weighted by molar-refractivity contribution is 5.51.